The van der Waals surface area contributed by atoms with E-state index in [4.69, 9.17) is 23.2 Å². The highest BCUT2D eigenvalue weighted by molar-refractivity contribution is 6.31. The predicted molar refractivity (Wildman–Crippen MR) is 78.1 cm³/mol. The summed E-state index contributed by atoms with van der Waals surface area (Å²) in [6, 6.07) is 12.7. The summed E-state index contributed by atoms with van der Waals surface area (Å²) < 4.78 is 1.78. The maximum atomic E-state index is 11.8. The molecule has 0 fully saturated rings. The van der Waals surface area contributed by atoms with E-state index in [0.29, 0.717) is 22.0 Å². The Bertz CT molecular complexity index is 787. The molecular formula is C14H10Cl2N2O. The van der Waals surface area contributed by atoms with Crippen LogP contribution in [0.25, 0.3) is 10.9 Å². The van der Waals surface area contributed by atoms with E-state index in [1.54, 1.807) is 22.9 Å². The Hall–Kier alpha value is -1.71. The van der Waals surface area contributed by atoms with E-state index in [2.05, 4.69) is 5.10 Å². The number of aromatic nitrogens is 2. The maximum absolute atomic E-state index is 11.8. The van der Waals surface area contributed by atoms with Gasteiger partial charge in [-0.15, -0.1) is 0 Å². The van der Waals surface area contributed by atoms with Crippen LogP contribution in [0.1, 0.15) is 5.56 Å². The van der Waals surface area contributed by atoms with Gasteiger partial charge in [0.25, 0.3) is 5.56 Å². The van der Waals surface area contributed by atoms with Crippen molar-refractivity contribution in [1.82, 2.24) is 9.78 Å². The largest absolute Gasteiger partial charge is 0.280 e. The lowest BCUT2D eigenvalue weighted by molar-refractivity contribution is 0.703. The molecule has 2 aromatic carbocycles. The number of H-pyrrole nitrogens is 1. The zero-order chi connectivity index (χ0) is 13.4. The van der Waals surface area contributed by atoms with Crippen molar-refractivity contribution in [3.05, 3.63) is 68.4 Å². The zero-order valence-electron chi connectivity index (χ0n) is 9.86. The SMILES string of the molecule is O=c1[nH]n(Cc2ccc(Cl)cc2)c2cc(Cl)ccc12. The Morgan fingerprint density at radius 3 is 2.42 bits per heavy atom. The van der Waals surface area contributed by atoms with Crippen LogP contribution in [0.15, 0.2) is 47.3 Å². The van der Waals surface area contributed by atoms with E-state index in [0.717, 1.165) is 11.1 Å². The van der Waals surface area contributed by atoms with Gasteiger partial charge < -0.3 is 0 Å². The van der Waals surface area contributed by atoms with E-state index in [-0.39, 0.29) is 5.56 Å². The molecule has 0 radical (unpaired) electrons. The van der Waals surface area contributed by atoms with Crippen LogP contribution in [-0.2, 0) is 6.54 Å². The lowest BCUT2D eigenvalue weighted by Gasteiger charge is -2.05. The van der Waals surface area contributed by atoms with Crippen molar-refractivity contribution in [2.24, 2.45) is 0 Å². The van der Waals surface area contributed by atoms with Gasteiger partial charge in [0.15, 0.2) is 0 Å². The van der Waals surface area contributed by atoms with Crippen molar-refractivity contribution >= 4 is 34.1 Å². The van der Waals surface area contributed by atoms with Gasteiger partial charge in [-0.25, -0.2) is 0 Å². The molecule has 0 unspecified atom stereocenters. The third-order valence-corrected chi connectivity index (χ3v) is 3.47. The molecule has 1 heterocycles. The molecule has 3 rings (SSSR count). The molecule has 96 valence electrons. The third kappa shape index (κ3) is 2.39. The summed E-state index contributed by atoms with van der Waals surface area (Å²) in [4.78, 5) is 11.8. The first-order chi connectivity index (χ1) is 9.13. The van der Waals surface area contributed by atoms with Crippen LogP contribution in [0.2, 0.25) is 10.0 Å². The Kier molecular flexibility index (Phi) is 3.09. The maximum Gasteiger partial charge on any atom is 0.271 e. The standard InChI is InChI=1S/C14H10Cl2N2O/c15-10-3-1-9(2-4-10)8-18-13-7-11(16)5-6-12(13)14(19)17-18/h1-7H,8H2,(H,17,19). The van der Waals surface area contributed by atoms with Crippen molar-refractivity contribution in [1.29, 1.82) is 0 Å². The molecular weight excluding hydrogens is 283 g/mol. The lowest BCUT2D eigenvalue weighted by Crippen LogP contribution is -2.06. The number of aromatic amines is 1. The van der Waals surface area contributed by atoms with E-state index in [1.165, 1.54) is 0 Å². The molecule has 19 heavy (non-hydrogen) atoms. The number of rotatable bonds is 2. The smallest absolute Gasteiger partial charge is 0.271 e. The Labute approximate surface area is 119 Å². The summed E-state index contributed by atoms with van der Waals surface area (Å²) >= 11 is 11.8. The van der Waals surface area contributed by atoms with Crippen LogP contribution < -0.4 is 5.56 Å². The molecule has 0 atom stereocenters. The predicted octanol–water partition coefficient (Wildman–Crippen LogP) is 3.68. The summed E-state index contributed by atoms with van der Waals surface area (Å²) in [7, 11) is 0. The zero-order valence-corrected chi connectivity index (χ0v) is 11.4. The fourth-order valence-electron chi connectivity index (χ4n) is 2.06. The minimum atomic E-state index is -0.111. The number of nitrogens with one attached hydrogen (secondary N) is 1. The Balaban J connectivity index is 2.07. The van der Waals surface area contributed by atoms with Crippen molar-refractivity contribution < 1.29 is 0 Å². The summed E-state index contributed by atoms with van der Waals surface area (Å²) in [5, 5.41) is 4.75. The fraction of sp³-hybridized carbons (Fsp3) is 0.0714. The molecule has 0 aliphatic rings. The molecule has 1 N–H and O–H groups in total. The minimum absolute atomic E-state index is 0.111. The van der Waals surface area contributed by atoms with Gasteiger partial charge in [-0.05, 0) is 35.9 Å². The Morgan fingerprint density at radius 2 is 1.68 bits per heavy atom. The lowest BCUT2D eigenvalue weighted by atomic mass is 10.2. The molecule has 3 nitrogen and oxygen atoms in total. The van der Waals surface area contributed by atoms with Gasteiger partial charge in [0.05, 0.1) is 17.4 Å². The van der Waals surface area contributed by atoms with E-state index in [9.17, 15) is 4.79 Å². The summed E-state index contributed by atoms with van der Waals surface area (Å²) in [5.74, 6) is 0. The van der Waals surface area contributed by atoms with Crippen LogP contribution in [0, 0.1) is 0 Å². The van der Waals surface area contributed by atoms with Gasteiger partial charge in [0.2, 0.25) is 0 Å². The number of benzene rings is 2. The Morgan fingerprint density at radius 1 is 1.00 bits per heavy atom. The summed E-state index contributed by atoms with van der Waals surface area (Å²) in [6.07, 6.45) is 0. The minimum Gasteiger partial charge on any atom is -0.280 e. The number of hydrogen-bond donors (Lipinski definition) is 1. The second kappa shape index (κ2) is 4.76. The average molecular weight is 293 g/mol. The van der Waals surface area contributed by atoms with Crippen LogP contribution in [-0.4, -0.2) is 9.78 Å². The highest BCUT2D eigenvalue weighted by Crippen LogP contribution is 2.18. The van der Waals surface area contributed by atoms with E-state index in [1.807, 2.05) is 24.3 Å². The van der Waals surface area contributed by atoms with Gasteiger partial charge >= 0.3 is 0 Å². The highest BCUT2D eigenvalue weighted by atomic mass is 35.5. The number of fused-ring (bicyclic) bond motifs is 1. The van der Waals surface area contributed by atoms with Crippen LogP contribution >= 0.6 is 23.2 Å². The molecule has 0 saturated heterocycles. The highest BCUT2D eigenvalue weighted by Gasteiger charge is 2.07. The molecule has 0 spiro atoms. The number of hydrogen-bond acceptors (Lipinski definition) is 1. The van der Waals surface area contributed by atoms with Gasteiger partial charge in [0.1, 0.15) is 0 Å². The summed E-state index contributed by atoms with van der Waals surface area (Å²) in [6.45, 7) is 0.566. The second-order valence-electron chi connectivity index (χ2n) is 4.32. The van der Waals surface area contributed by atoms with Crippen molar-refractivity contribution in [2.75, 3.05) is 0 Å². The van der Waals surface area contributed by atoms with E-state index >= 15 is 0 Å². The molecule has 0 saturated carbocycles. The van der Waals surface area contributed by atoms with Crippen LogP contribution in [0.4, 0.5) is 0 Å². The monoisotopic (exact) mass is 292 g/mol. The molecule has 3 aromatic rings. The molecule has 0 aliphatic heterocycles. The van der Waals surface area contributed by atoms with Crippen molar-refractivity contribution in [2.45, 2.75) is 6.54 Å². The topological polar surface area (TPSA) is 37.8 Å². The van der Waals surface area contributed by atoms with Gasteiger partial charge in [-0.1, -0.05) is 35.3 Å². The first-order valence-corrected chi connectivity index (χ1v) is 6.51. The molecule has 0 bridgehead atoms. The summed E-state index contributed by atoms with van der Waals surface area (Å²) in [5.41, 5.74) is 1.74. The fourth-order valence-corrected chi connectivity index (χ4v) is 2.35. The third-order valence-electron chi connectivity index (χ3n) is 2.99. The molecule has 5 heteroatoms. The van der Waals surface area contributed by atoms with Gasteiger partial charge in [-0.3, -0.25) is 14.6 Å². The second-order valence-corrected chi connectivity index (χ2v) is 5.19. The average Bonchev–Trinajstić information content (AvgIpc) is 2.69. The van der Waals surface area contributed by atoms with Crippen molar-refractivity contribution in [3.8, 4) is 0 Å². The molecule has 1 aromatic heterocycles. The van der Waals surface area contributed by atoms with Gasteiger partial charge in [-0.2, -0.15) is 0 Å². The first kappa shape index (κ1) is 12.3. The first-order valence-electron chi connectivity index (χ1n) is 5.76. The molecule has 0 amide bonds. The normalized spacial score (nSPS) is 11.1. The quantitative estimate of drug-likeness (QED) is 0.769. The number of halogens is 2. The molecule has 0 aliphatic carbocycles. The van der Waals surface area contributed by atoms with Crippen molar-refractivity contribution in [3.63, 3.8) is 0 Å². The van der Waals surface area contributed by atoms with Gasteiger partial charge in [0, 0.05) is 10.0 Å². The number of nitrogens with zero attached hydrogens (tertiary/aromatic N) is 1. The van der Waals surface area contributed by atoms with Crippen LogP contribution in [0.3, 0.4) is 0 Å². The van der Waals surface area contributed by atoms with E-state index < -0.39 is 0 Å². The van der Waals surface area contributed by atoms with Crippen LogP contribution in [0.5, 0.6) is 0 Å².